The molecule has 4 aromatic rings. The van der Waals surface area contributed by atoms with E-state index >= 15 is 0 Å². The van der Waals surface area contributed by atoms with Crippen molar-refractivity contribution in [1.29, 1.82) is 5.26 Å². The SMILES string of the molecule is Cc1cc(NCc2ccccc2CN2CCOCC2)n2c(nc3ccccc32)c1C#N. The fraction of sp³-hybridized carbons (Fsp3) is 0.280. The number of nitriles is 1. The zero-order chi connectivity index (χ0) is 21.2. The van der Waals surface area contributed by atoms with Crippen LogP contribution in [0.3, 0.4) is 0 Å². The summed E-state index contributed by atoms with van der Waals surface area (Å²) in [7, 11) is 0. The Morgan fingerprint density at radius 2 is 1.81 bits per heavy atom. The minimum atomic E-state index is 0.620. The van der Waals surface area contributed by atoms with Crippen LogP contribution in [0, 0.1) is 18.3 Å². The average molecular weight is 412 g/mol. The third kappa shape index (κ3) is 3.74. The summed E-state index contributed by atoms with van der Waals surface area (Å²) in [5.41, 5.74) is 6.73. The van der Waals surface area contributed by atoms with Crippen molar-refractivity contribution >= 4 is 22.5 Å². The van der Waals surface area contributed by atoms with Crippen molar-refractivity contribution in [3.63, 3.8) is 0 Å². The molecule has 2 aromatic heterocycles. The van der Waals surface area contributed by atoms with Crippen LogP contribution in [0.4, 0.5) is 5.82 Å². The third-order valence-electron chi connectivity index (χ3n) is 5.96. The first-order chi connectivity index (χ1) is 15.2. The minimum absolute atomic E-state index is 0.620. The predicted octanol–water partition coefficient (Wildman–Crippen LogP) is 4.11. The molecule has 0 radical (unpaired) electrons. The van der Waals surface area contributed by atoms with Gasteiger partial charge in [-0.25, -0.2) is 4.98 Å². The lowest BCUT2D eigenvalue weighted by Gasteiger charge is -2.27. The molecule has 1 fully saturated rings. The maximum atomic E-state index is 9.70. The van der Waals surface area contributed by atoms with Crippen LogP contribution >= 0.6 is 0 Å². The zero-order valence-electron chi connectivity index (χ0n) is 17.6. The Bertz CT molecular complexity index is 1280. The van der Waals surface area contributed by atoms with Gasteiger partial charge in [0.15, 0.2) is 5.65 Å². The van der Waals surface area contributed by atoms with E-state index in [1.165, 1.54) is 11.1 Å². The Balaban J connectivity index is 1.49. The second-order valence-corrected chi connectivity index (χ2v) is 7.97. The van der Waals surface area contributed by atoms with Gasteiger partial charge in [0.05, 0.1) is 29.8 Å². The lowest BCUT2D eigenvalue weighted by atomic mass is 10.1. The second kappa shape index (κ2) is 8.38. The van der Waals surface area contributed by atoms with Gasteiger partial charge >= 0.3 is 0 Å². The average Bonchev–Trinajstić information content (AvgIpc) is 3.18. The van der Waals surface area contributed by atoms with E-state index in [-0.39, 0.29) is 0 Å². The van der Waals surface area contributed by atoms with Gasteiger partial charge in [0.25, 0.3) is 0 Å². The van der Waals surface area contributed by atoms with Gasteiger partial charge in [0.2, 0.25) is 0 Å². The van der Waals surface area contributed by atoms with Crippen LogP contribution in [0.5, 0.6) is 0 Å². The molecule has 0 bridgehead atoms. The molecule has 0 spiro atoms. The largest absolute Gasteiger partial charge is 0.379 e. The van der Waals surface area contributed by atoms with E-state index in [1.807, 2.05) is 37.3 Å². The number of para-hydroxylation sites is 2. The molecule has 31 heavy (non-hydrogen) atoms. The van der Waals surface area contributed by atoms with Crippen LogP contribution in [0.25, 0.3) is 16.7 Å². The smallest absolute Gasteiger partial charge is 0.157 e. The van der Waals surface area contributed by atoms with Crippen LogP contribution in [-0.4, -0.2) is 40.6 Å². The molecule has 0 atom stereocenters. The summed E-state index contributed by atoms with van der Waals surface area (Å²) < 4.78 is 7.55. The van der Waals surface area contributed by atoms with Crippen LogP contribution in [0.1, 0.15) is 22.3 Å². The number of aromatic nitrogens is 2. The highest BCUT2D eigenvalue weighted by Gasteiger charge is 2.16. The number of aryl methyl sites for hydroxylation is 1. The molecular weight excluding hydrogens is 386 g/mol. The van der Waals surface area contributed by atoms with Gasteiger partial charge in [0, 0.05) is 26.2 Å². The predicted molar refractivity (Wildman–Crippen MR) is 122 cm³/mol. The molecule has 2 aromatic carbocycles. The van der Waals surface area contributed by atoms with Crippen molar-refractivity contribution in [2.24, 2.45) is 0 Å². The van der Waals surface area contributed by atoms with Gasteiger partial charge in [-0.1, -0.05) is 36.4 Å². The number of hydrogen-bond donors (Lipinski definition) is 1. The van der Waals surface area contributed by atoms with Gasteiger partial charge in [0.1, 0.15) is 11.9 Å². The number of imidazole rings is 1. The Hall–Kier alpha value is -3.40. The molecule has 0 saturated carbocycles. The van der Waals surface area contributed by atoms with Gasteiger partial charge < -0.3 is 10.1 Å². The summed E-state index contributed by atoms with van der Waals surface area (Å²) >= 11 is 0. The monoisotopic (exact) mass is 411 g/mol. The van der Waals surface area contributed by atoms with E-state index in [4.69, 9.17) is 9.72 Å². The van der Waals surface area contributed by atoms with E-state index in [1.54, 1.807) is 0 Å². The minimum Gasteiger partial charge on any atom is -0.379 e. The van der Waals surface area contributed by atoms with E-state index < -0.39 is 0 Å². The molecule has 6 heteroatoms. The number of anilines is 1. The molecule has 1 aliphatic rings. The van der Waals surface area contributed by atoms with Crippen LogP contribution in [-0.2, 0) is 17.8 Å². The van der Waals surface area contributed by atoms with Gasteiger partial charge in [-0.2, -0.15) is 5.26 Å². The summed E-state index contributed by atoms with van der Waals surface area (Å²) in [6.07, 6.45) is 0. The lowest BCUT2D eigenvalue weighted by Crippen LogP contribution is -2.35. The Morgan fingerprint density at radius 3 is 2.61 bits per heavy atom. The van der Waals surface area contributed by atoms with Crippen molar-refractivity contribution in [3.05, 3.63) is 76.9 Å². The third-order valence-corrected chi connectivity index (χ3v) is 5.96. The molecular formula is C25H25N5O. The highest BCUT2D eigenvalue weighted by Crippen LogP contribution is 2.27. The van der Waals surface area contributed by atoms with E-state index in [0.29, 0.717) is 17.8 Å². The molecule has 0 unspecified atom stereocenters. The van der Waals surface area contributed by atoms with Crippen molar-refractivity contribution < 1.29 is 4.74 Å². The van der Waals surface area contributed by atoms with Crippen molar-refractivity contribution in [1.82, 2.24) is 14.3 Å². The first-order valence-electron chi connectivity index (χ1n) is 10.7. The van der Waals surface area contributed by atoms with Crippen molar-refractivity contribution in [3.8, 4) is 6.07 Å². The number of morpholine rings is 1. The first-order valence-corrected chi connectivity index (χ1v) is 10.7. The molecule has 0 aliphatic carbocycles. The number of pyridine rings is 1. The number of fused-ring (bicyclic) bond motifs is 3. The van der Waals surface area contributed by atoms with Crippen LogP contribution in [0.15, 0.2) is 54.6 Å². The first kappa shape index (κ1) is 19.6. The number of ether oxygens (including phenoxy) is 1. The van der Waals surface area contributed by atoms with Crippen LogP contribution in [0.2, 0.25) is 0 Å². The van der Waals surface area contributed by atoms with Crippen molar-refractivity contribution in [2.45, 2.75) is 20.0 Å². The molecule has 156 valence electrons. The van der Waals surface area contributed by atoms with Crippen LogP contribution < -0.4 is 5.32 Å². The number of benzene rings is 2. The van der Waals surface area contributed by atoms with Gasteiger partial charge in [-0.15, -0.1) is 0 Å². The summed E-state index contributed by atoms with van der Waals surface area (Å²) in [5.74, 6) is 0.946. The maximum absolute atomic E-state index is 9.70. The zero-order valence-corrected chi connectivity index (χ0v) is 17.6. The Morgan fingerprint density at radius 1 is 1.06 bits per heavy atom. The Kier molecular flexibility index (Phi) is 5.29. The highest BCUT2D eigenvalue weighted by atomic mass is 16.5. The number of nitrogens with one attached hydrogen (secondary N) is 1. The number of hydrogen-bond acceptors (Lipinski definition) is 5. The standard InChI is InChI=1S/C25H25N5O/c1-18-14-24(30-23-9-5-4-8-22(23)28-25(30)21(18)15-26)27-16-19-6-2-3-7-20(19)17-29-10-12-31-13-11-29/h2-9,14,27H,10-13,16-17H2,1H3. The number of rotatable bonds is 5. The van der Waals surface area contributed by atoms with E-state index in [9.17, 15) is 5.26 Å². The lowest BCUT2D eigenvalue weighted by molar-refractivity contribution is 0.0341. The molecule has 6 nitrogen and oxygen atoms in total. The Labute approximate surface area is 181 Å². The molecule has 3 heterocycles. The second-order valence-electron chi connectivity index (χ2n) is 7.97. The summed E-state index contributed by atoms with van der Waals surface area (Å²) in [4.78, 5) is 7.18. The fourth-order valence-electron chi connectivity index (χ4n) is 4.29. The van der Waals surface area contributed by atoms with E-state index in [0.717, 1.165) is 55.3 Å². The summed E-state index contributed by atoms with van der Waals surface area (Å²) in [5, 5.41) is 13.3. The normalized spacial score (nSPS) is 14.7. The topological polar surface area (TPSA) is 65.6 Å². The quantitative estimate of drug-likeness (QED) is 0.535. The molecule has 1 N–H and O–H groups in total. The highest BCUT2D eigenvalue weighted by molar-refractivity contribution is 5.85. The van der Waals surface area contributed by atoms with Crippen molar-refractivity contribution in [2.75, 3.05) is 31.6 Å². The molecule has 0 amide bonds. The molecule has 1 aliphatic heterocycles. The number of nitrogens with zero attached hydrogens (tertiary/aromatic N) is 4. The summed E-state index contributed by atoms with van der Waals surface area (Å²) in [6, 6.07) is 21.0. The van der Waals surface area contributed by atoms with Gasteiger partial charge in [-0.05, 0) is 41.8 Å². The maximum Gasteiger partial charge on any atom is 0.157 e. The fourth-order valence-corrected chi connectivity index (χ4v) is 4.29. The summed E-state index contributed by atoms with van der Waals surface area (Å²) in [6.45, 7) is 7.14. The van der Waals surface area contributed by atoms with Gasteiger partial charge in [-0.3, -0.25) is 9.30 Å². The van der Waals surface area contributed by atoms with E-state index in [2.05, 4.69) is 45.0 Å². The molecule has 5 rings (SSSR count). The molecule has 1 saturated heterocycles.